The summed E-state index contributed by atoms with van der Waals surface area (Å²) in [5.74, 6) is -0.0440. The Bertz CT molecular complexity index is 155. The van der Waals surface area contributed by atoms with Gasteiger partial charge in [-0.1, -0.05) is 30.9 Å². The topological polar surface area (TPSA) is 35.5 Å². The zero-order valence-corrected chi connectivity index (χ0v) is 8.39. The number of hydrogen-bond donors (Lipinski definition) is 0. The Labute approximate surface area is 83.3 Å². The quantitative estimate of drug-likeness (QED) is 0.306. The molecule has 0 unspecified atom stereocenters. The van der Waals surface area contributed by atoms with Crippen molar-refractivity contribution < 1.29 is 14.3 Å². The molecule has 1 saturated carbocycles. The smallest absolute Gasteiger partial charge is 0.311 e. The van der Waals surface area contributed by atoms with Crippen molar-refractivity contribution in [3.05, 3.63) is 0 Å². The Kier molecular flexibility index (Phi) is 5.16. The van der Waals surface area contributed by atoms with Crippen molar-refractivity contribution in [1.29, 1.82) is 0 Å². The van der Waals surface area contributed by atoms with Crippen LogP contribution < -0.4 is 0 Å². The van der Waals surface area contributed by atoms with Crippen LogP contribution in [0.15, 0.2) is 0 Å². The summed E-state index contributed by atoms with van der Waals surface area (Å²) in [5, 5.41) is 0. The van der Waals surface area contributed by atoms with Gasteiger partial charge < -0.3 is 9.47 Å². The van der Waals surface area contributed by atoms with Crippen LogP contribution in [0, 0.1) is 5.92 Å². The summed E-state index contributed by atoms with van der Waals surface area (Å²) in [6.07, 6.45) is 5.42. The first-order valence-electron chi connectivity index (χ1n) is 4.65. The van der Waals surface area contributed by atoms with E-state index in [0.717, 1.165) is 25.7 Å². The molecule has 0 spiro atoms. The number of ether oxygens (including phenoxy) is 2. The monoisotopic (exact) mass is 206 g/mol. The molecule has 1 aliphatic carbocycles. The lowest BCUT2D eigenvalue weighted by Gasteiger charge is -2.19. The van der Waals surface area contributed by atoms with Gasteiger partial charge in [-0.15, -0.1) is 0 Å². The highest BCUT2D eigenvalue weighted by atomic mass is 35.5. The molecule has 0 bridgehead atoms. The summed E-state index contributed by atoms with van der Waals surface area (Å²) in [7, 11) is 0. The number of carbonyl (C=O) groups excluding carboxylic acids is 1. The fourth-order valence-electron chi connectivity index (χ4n) is 1.59. The Morgan fingerprint density at radius 3 is 2.62 bits per heavy atom. The number of esters is 1. The Balaban J connectivity index is 2.13. The van der Waals surface area contributed by atoms with Crippen molar-refractivity contribution in [2.45, 2.75) is 32.1 Å². The standard InChI is InChI=1S/C9H15ClO3/c10-6-12-7-13-9(11)8-4-2-1-3-5-8/h8H,1-7H2. The van der Waals surface area contributed by atoms with E-state index < -0.39 is 0 Å². The summed E-state index contributed by atoms with van der Waals surface area (Å²) in [5.41, 5.74) is 0. The predicted octanol–water partition coefficient (Wildman–Crippen LogP) is 2.28. The van der Waals surface area contributed by atoms with Crippen LogP contribution in [0.1, 0.15) is 32.1 Å². The molecule has 0 saturated heterocycles. The average molecular weight is 207 g/mol. The molecule has 0 heterocycles. The van der Waals surface area contributed by atoms with Crippen LogP contribution in [0.5, 0.6) is 0 Å². The number of carbonyl (C=O) groups is 1. The molecule has 3 nitrogen and oxygen atoms in total. The van der Waals surface area contributed by atoms with Gasteiger partial charge in [0, 0.05) is 0 Å². The van der Waals surface area contributed by atoms with Gasteiger partial charge in [0.05, 0.1) is 5.92 Å². The maximum atomic E-state index is 11.3. The van der Waals surface area contributed by atoms with E-state index >= 15 is 0 Å². The normalized spacial score (nSPS) is 18.5. The molecule has 0 aromatic rings. The molecule has 0 aliphatic heterocycles. The highest BCUT2D eigenvalue weighted by Gasteiger charge is 2.22. The number of rotatable bonds is 4. The molecule has 0 aromatic heterocycles. The maximum Gasteiger partial charge on any atom is 0.311 e. The molecule has 76 valence electrons. The largest absolute Gasteiger partial charge is 0.438 e. The van der Waals surface area contributed by atoms with Crippen molar-refractivity contribution in [1.82, 2.24) is 0 Å². The van der Waals surface area contributed by atoms with E-state index in [1.807, 2.05) is 0 Å². The summed E-state index contributed by atoms with van der Waals surface area (Å²) < 4.78 is 9.59. The lowest BCUT2D eigenvalue weighted by atomic mass is 9.89. The highest BCUT2D eigenvalue weighted by molar-refractivity contribution is 6.17. The SMILES string of the molecule is O=C(OCOCCl)C1CCCCC1. The van der Waals surface area contributed by atoms with Gasteiger partial charge in [0.25, 0.3) is 0 Å². The first-order valence-corrected chi connectivity index (χ1v) is 5.18. The van der Waals surface area contributed by atoms with Gasteiger partial charge in [-0.05, 0) is 12.8 Å². The molecule has 13 heavy (non-hydrogen) atoms. The van der Waals surface area contributed by atoms with Crippen molar-refractivity contribution in [2.24, 2.45) is 5.92 Å². The lowest BCUT2D eigenvalue weighted by molar-refractivity contribution is -0.160. The summed E-state index contributed by atoms with van der Waals surface area (Å²) in [6, 6.07) is 0.0674. The average Bonchev–Trinajstić information content (AvgIpc) is 2.19. The zero-order valence-electron chi connectivity index (χ0n) is 7.63. The van der Waals surface area contributed by atoms with Crippen LogP contribution in [0.4, 0.5) is 0 Å². The van der Waals surface area contributed by atoms with E-state index in [1.54, 1.807) is 0 Å². The maximum absolute atomic E-state index is 11.3. The fourth-order valence-corrected chi connectivity index (χ4v) is 1.65. The van der Waals surface area contributed by atoms with Crippen LogP contribution >= 0.6 is 11.6 Å². The first-order chi connectivity index (χ1) is 6.34. The molecule has 0 amide bonds. The van der Waals surface area contributed by atoms with Gasteiger partial charge in [-0.25, -0.2) is 0 Å². The second-order valence-corrected chi connectivity index (χ2v) is 3.45. The highest BCUT2D eigenvalue weighted by Crippen LogP contribution is 2.24. The van der Waals surface area contributed by atoms with Crippen molar-refractivity contribution in [3.63, 3.8) is 0 Å². The van der Waals surface area contributed by atoms with Gasteiger partial charge in [0.15, 0.2) is 6.79 Å². The first kappa shape index (κ1) is 10.8. The predicted molar refractivity (Wildman–Crippen MR) is 49.3 cm³/mol. The minimum atomic E-state index is -0.134. The second kappa shape index (κ2) is 6.22. The van der Waals surface area contributed by atoms with Gasteiger partial charge >= 0.3 is 5.97 Å². The second-order valence-electron chi connectivity index (χ2n) is 3.23. The van der Waals surface area contributed by atoms with Crippen molar-refractivity contribution >= 4 is 17.6 Å². The van der Waals surface area contributed by atoms with E-state index in [1.165, 1.54) is 6.42 Å². The Hall–Kier alpha value is -0.280. The van der Waals surface area contributed by atoms with Crippen LogP contribution in [-0.4, -0.2) is 18.8 Å². The minimum Gasteiger partial charge on any atom is -0.438 e. The lowest BCUT2D eigenvalue weighted by Crippen LogP contribution is -2.21. The minimum absolute atomic E-state index is 0.0150. The van der Waals surface area contributed by atoms with Crippen molar-refractivity contribution in [2.75, 3.05) is 12.9 Å². The van der Waals surface area contributed by atoms with Gasteiger partial charge in [0.2, 0.25) is 0 Å². The fraction of sp³-hybridized carbons (Fsp3) is 0.889. The molecular weight excluding hydrogens is 192 g/mol. The molecule has 4 heteroatoms. The summed E-state index contributed by atoms with van der Waals surface area (Å²) in [6.45, 7) is -0.0150. The molecule has 1 rings (SSSR count). The van der Waals surface area contributed by atoms with Gasteiger partial charge in [-0.2, -0.15) is 0 Å². The third-order valence-electron chi connectivity index (χ3n) is 2.30. The van der Waals surface area contributed by atoms with Gasteiger partial charge in [-0.3, -0.25) is 4.79 Å². The summed E-state index contributed by atoms with van der Waals surface area (Å²) in [4.78, 5) is 11.3. The van der Waals surface area contributed by atoms with E-state index in [-0.39, 0.29) is 24.7 Å². The van der Waals surface area contributed by atoms with E-state index in [4.69, 9.17) is 21.1 Å². The summed E-state index contributed by atoms with van der Waals surface area (Å²) >= 11 is 5.26. The van der Waals surface area contributed by atoms with Crippen molar-refractivity contribution in [3.8, 4) is 0 Å². The van der Waals surface area contributed by atoms with E-state index in [9.17, 15) is 4.79 Å². The third-order valence-corrected chi connectivity index (χ3v) is 2.45. The molecule has 0 N–H and O–H groups in total. The molecule has 0 radical (unpaired) electrons. The third kappa shape index (κ3) is 3.96. The van der Waals surface area contributed by atoms with E-state index in [2.05, 4.69) is 0 Å². The molecule has 1 fully saturated rings. The molecule has 0 aromatic carbocycles. The number of hydrogen-bond acceptors (Lipinski definition) is 3. The Morgan fingerprint density at radius 1 is 1.31 bits per heavy atom. The number of alkyl halides is 1. The van der Waals surface area contributed by atoms with E-state index in [0.29, 0.717) is 0 Å². The van der Waals surface area contributed by atoms with Crippen LogP contribution in [0.2, 0.25) is 0 Å². The zero-order chi connectivity index (χ0) is 9.52. The molecule has 0 atom stereocenters. The van der Waals surface area contributed by atoms with Gasteiger partial charge in [0.1, 0.15) is 6.07 Å². The molecule has 1 aliphatic rings. The molecular formula is C9H15ClO3. The Morgan fingerprint density at radius 2 is 2.00 bits per heavy atom. The van der Waals surface area contributed by atoms with Crippen LogP contribution in [-0.2, 0) is 14.3 Å². The number of halogens is 1. The van der Waals surface area contributed by atoms with Crippen LogP contribution in [0.3, 0.4) is 0 Å². The van der Waals surface area contributed by atoms with Crippen LogP contribution in [0.25, 0.3) is 0 Å².